The minimum atomic E-state index is -0.394. The molecule has 0 spiro atoms. The van der Waals surface area contributed by atoms with Gasteiger partial charge in [0.15, 0.2) is 11.6 Å². The predicted molar refractivity (Wildman–Crippen MR) is 111 cm³/mol. The molecule has 0 unspecified atom stereocenters. The maximum absolute atomic E-state index is 12.6. The molecule has 4 rings (SSSR count). The summed E-state index contributed by atoms with van der Waals surface area (Å²) in [5.74, 6) is 0.657. The lowest BCUT2D eigenvalue weighted by atomic mass is 10.1. The molecule has 0 aliphatic carbocycles. The van der Waals surface area contributed by atoms with Crippen molar-refractivity contribution >= 4 is 17.4 Å². The third kappa shape index (κ3) is 4.15. The summed E-state index contributed by atoms with van der Waals surface area (Å²) >= 11 is 0. The van der Waals surface area contributed by atoms with Gasteiger partial charge < -0.3 is 19.0 Å². The number of hydrogen-bond acceptors (Lipinski definition) is 5. The third-order valence-electron chi connectivity index (χ3n) is 4.52. The third-order valence-corrected chi connectivity index (χ3v) is 4.52. The van der Waals surface area contributed by atoms with Crippen molar-refractivity contribution in [3.63, 3.8) is 0 Å². The van der Waals surface area contributed by atoms with Crippen LogP contribution in [0.15, 0.2) is 83.7 Å². The molecule has 0 aliphatic heterocycles. The number of anilines is 1. The number of amides is 1. The van der Waals surface area contributed by atoms with E-state index in [1.165, 1.54) is 6.26 Å². The molecule has 2 aromatic carbocycles. The molecular weight excluding hydrogens is 382 g/mol. The average Bonchev–Trinajstić information content (AvgIpc) is 3.42. The summed E-state index contributed by atoms with van der Waals surface area (Å²) in [5, 5.41) is 2.77. The SMILES string of the molecule is Cn1ccnc1C(=O)c1ccc(NC(=O)c2occc2COc2ccccc2)cc1. The lowest BCUT2D eigenvalue weighted by Gasteiger charge is -2.08. The van der Waals surface area contributed by atoms with Crippen molar-refractivity contribution in [3.05, 3.63) is 102 Å². The monoisotopic (exact) mass is 401 g/mol. The molecule has 1 N–H and O–H groups in total. The van der Waals surface area contributed by atoms with Gasteiger partial charge in [0.05, 0.1) is 6.26 Å². The highest BCUT2D eigenvalue weighted by Gasteiger charge is 2.17. The quantitative estimate of drug-likeness (QED) is 0.472. The number of para-hydroxylation sites is 1. The Balaban J connectivity index is 1.41. The van der Waals surface area contributed by atoms with Crippen molar-refractivity contribution in [1.82, 2.24) is 9.55 Å². The molecule has 2 aromatic heterocycles. The Morgan fingerprint density at radius 2 is 1.83 bits per heavy atom. The van der Waals surface area contributed by atoms with Gasteiger partial charge in [-0.15, -0.1) is 0 Å². The molecular formula is C23H19N3O4. The van der Waals surface area contributed by atoms with E-state index in [0.717, 1.165) is 0 Å². The number of furan rings is 1. The highest BCUT2D eigenvalue weighted by atomic mass is 16.5. The van der Waals surface area contributed by atoms with Crippen molar-refractivity contribution in [3.8, 4) is 5.75 Å². The summed E-state index contributed by atoms with van der Waals surface area (Å²) in [7, 11) is 1.76. The first-order chi connectivity index (χ1) is 14.6. The number of carbonyl (C=O) groups excluding carboxylic acids is 2. The molecule has 2 heterocycles. The molecule has 30 heavy (non-hydrogen) atoms. The summed E-state index contributed by atoms with van der Waals surface area (Å²) in [5.41, 5.74) is 1.66. The Morgan fingerprint density at radius 1 is 1.07 bits per heavy atom. The van der Waals surface area contributed by atoms with Gasteiger partial charge in [-0.3, -0.25) is 9.59 Å². The van der Waals surface area contributed by atoms with Gasteiger partial charge in [0.25, 0.3) is 5.91 Å². The number of ether oxygens (including phenoxy) is 1. The number of aryl methyl sites for hydroxylation is 1. The zero-order valence-corrected chi connectivity index (χ0v) is 16.2. The number of hydrogen-bond donors (Lipinski definition) is 1. The summed E-state index contributed by atoms with van der Waals surface area (Å²) in [6.07, 6.45) is 4.74. The van der Waals surface area contributed by atoms with Crippen LogP contribution in [0.5, 0.6) is 5.75 Å². The van der Waals surface area contributed by atoms with E-state index in [1.54, 1.807) is 54.3 Å². The van der Waals surface area contributed by atoms with Crippen LogP contribution in [0.2, 0.25) is 0 Å². The van der Waals surface area contributed by atoms with Crippen LogP contribution in [-0.4, -0.2) is 21.2 Å². The number of imidazole rings is 1. The molecule has 0 radical (unpaired) electrons. The van der Waals surface area contributed by atoms with Crippen LogP contribution in [0.25, 0.3) is 0 Å². The van der Waals surface area contributed by atoms with Crippen LogP contribution < -0.4 is 10.1 Å². The fraction of sp³-hybridized carbons (Fsp3) is 0.0870. The topological polar surface area (TPSA) is 86.4 Å². The largest absolute Gasteiger partial charge is 0.489 e. The molecule has 0 saturated heterocycles. The zero-order chi connectivity index (χ0) is 20.9. The first kappa shape index (κ1) is 19.2. The Morgan fingerprint density at radius 3 is 2.53 bits per heavy atom. The van der Waals surface area contributed by atoms with E-state index in [0.29, 0.717) is 28.4 Å². The summed E-state index contributed by atoms with van der Waals surface area (Å²) in [4.78, 5) is 29.2. The first-order valence-corrected chi connectivity index (χ1v) is 9.29. The van der Waals surface area contributed by atoms with Crippen molar-refractivity contribution in [1.29, 1.82) is 0 Å². The van der Waals surface area contributed by atoms with Crippen LogP contribution in [-0.2, 0) is 13.7 Å². The van der Waals surface area contributed by atoms with Crippen molar-refractivity contribution in [2.45, 2.75) is 6.61 Å². The summed E-state index contributed by atoms with van der Waals surface area (Å²) in [6, 6.07) is 17.7. The standard InChI is InChI=1S/C23H19N3O4/c1-26-13-12-24-22(26)20(27)16-7-9-18(10-8-16)25-23(28)21-17(11-14-29-21)15-30-19-5-3-2-4-6-19/h2-14H,15H2,1H3,(H,25,28). The fourth-order valence-electron chi connectivity index (χ4n) is 2.93. The van der Waals surface area contributed by atoms with E-state index in [4.69, 9.17) is 9.15 Å². The second-order valence-corrected chi connectivity index (χ2v) is 6.60. The number of rotatable bonds is 7. The van der Waals surface area contributed by atoms with Gasteiger partial charge in [-0.2, -0.15) is 0 Å². The number of nitrogens with zero attached hydrogens (tertiary/aromatic N) is 2. The van der Waals surface area contributed by atoms with Gasteiger partial charge in [-0.05, 0) is 42.5 Å². The maximum Gasteiger partial charge on any atom is 0.291 e. The van der Waals surface area contributed by atoms with Gasteiger partial charge in [0.2, 0.25) is 5.78 Å². The van der Waals surface area contributed by atoms with E-state index in [9.17, 15) is 9.59 Å². The van der Waals surface area contributed by atoms with Crippen LogP contribution >= 0.6 is 0 Å². The van der Waals surface area contributed by atoms with E-state index < -0.39 is 5.91 Å². The number of carbonyl (C=O) groups is 2. The van der Waals surface area contributed by atoms with E-state index >= 15 is 0 Å². The highest BCUT2D eigenvalue weighted by molar-refractivity contribution is 6.07. The number of aromatic nitrogens is 2. The van der Waals surface area contributed by atoms with Gasteiger partial charge in [-0.25, -0.2) is 4.98 Å². The molecule has 0 atom stereocenters. The van der Waals surface area contributed by atoms with Crippen molar-refractivity contribution in [2.24, 2.45) is 7.05 Å². The number of ketones is 1. The van der Waals surface area contributed by atoms with E-state index in [-0.39, 0.29) is 18.2 Å². The minimum absolute atomic E-state index is 0.180. The van der Waals surface area contributed by atoms with Crippen LogP contribution in [0.4, 0.5) is 5.69 Å². The minimum Gasteiger partial charge on any atom is -0.489 e. The van der Waals surface area contributed by atoms with Gasteiger partial charge >= 0.3 is 0 Å². The van der Waals surface area contributed by atoms with Gasteiger partial charge in [0.1, 0.15) is 12.4 Å². The Bertz CT molecular complexity index is 1160. The Labute approximate surface area is 172 Å². The van der Waals surface area contributed by atoms with Gasteiger partial charge in [0, 0.05) is 36.3 Å². The lowest BCUT2D eigenvalue weighted by molar-refractivity contribution is 0.0992. The molecule has 0 aliphatic rings. The summed E-state index contributed by atoms with van der Waals surface area (Å²) in [6.45, 7) is 0.209. The maximum atomic E-state index is 12.6. The average molecular weight is 401 g/mol. The molecule has 0 saturated carbocycles. The zero-order valence-electron chi connectivity index (χ0n) is 16.2. The molecule has 7 heteroatoms. The molecule has 1 amide bonds. The lowest BCUT2D eigenvalue weighted by Crippen LogP contribution is -2.14. The Hall–Kier alpha value is -4.13. The van der Waals surface area contributed by atoms with Crippen LogP contribution in [0.1, 0.15) is 32.3 Å². The van der Waals surface area contributed by atoms with E-state index in [1.807, 2.05) is 30.3 Å². The predicted octanol–water partition coefficient (Wildman–Crippen LogP) is 4.08. The second kappa shape index (κ2) is 8.48. The highest BCUT2D eigenvalue weighted by Crippen LogP contribution is 2.18. The smallest absolute Gasteiger partial charge is 0.291 e. The molecule has 0 fully saturated rings. The summed E-state index contributed by atoms with van der Waals surface area (Å²) < 4.78 is 12.7. The van der Waals surface area contributed by atoms with Gasteiger partial charge in [-0.1, -0.05) is 18.2 Å². The second-order valence-electron chi connectivity index (χ2n) is 6.60. The first-order valence-electron chi connectivity index (χ1n) is 9.29. The number of benzene rings is 2. The Kier molecular flexibility index (Phi) is 5.43. The van der Waals surface area contributed by atoms with Crippen LogP contribution in [0.3, 0.4) is 0 Å². The molecule has 150 valence electrons. The van der Waals surface area contributed by atoms with Crippen molar-refractivity contribution in [2.75, 3.05) is 5.32 Å². The van der Waals surface area contributed by atoms with E-state index in [2.05, 4.69) is 10.3 Å². The fourth-order valence-corrected chi connectivity index (χ4v) is 2.93. The molecule has 4 aromatic rings. The molecule has 0 bridgehead atoms. The molecule has 7 nitrogen and oxygen atoms in total. The van der Waals surface area contributed by atoms with Crippen molar-refractivity contribution < 1.29 is 18.7 Å². The normalized spacial score (nSPS) is 10.6. The van der Waals surface area contributed by atoms with Crippen LogP contribution in [0, 0.1) is 0 Å². The number of nitrogens with one attached hydrogen (secondary N) is 1.